The third-order valence-electron chi connectivity index (χ3n) is 3.63. The Bertz CT molecular complexity index is 447. The normalized spacial score (nSPS) is 22.6. The number of halogens is 2. The van der Waals surface area contributed by atoms with Gasteiger partial charge >= 0.3 is 5.97 Å². The Morgan fingerprint density at radius 2 is 2.21 bits per heavy atom. The van der Waals surface area contributed by atoms with Crippen molar-refractivity contribution in [2.75, 3.05) is 6.54 Å². The topological polar surface area (TPSA) is 49.3 Å². The van der Waals surface area contributed by atoms with E-state index in [2.05, 4.69) is 5.32 Å². The van der Waals surface area contributed by atoms with Crippen LogP contribution in [0.15, 0.2) is 18.2 Å². The largest absolute Gasteiger partial charge is 0.481 e. The third-order valence-corrected chi connectivity index (χ3v) is 3.85. The fraction of sp³-hybridized carbons (Fsp3) is 0.500. The van der Waals surface area contributed by atoms with Gasteiger partial charge in [-0.2, -0.15) is 0 Å². The first-order valence-electron chi connectivity index (χ1n) is 6.45. The second-order valence-corrected chi connectivity index (χ2v) is 5.48. The van der Waals surface area contributed by atoms with Crippen molar-refractivity contribution in [1.82, 2.24) is 5.32 Å². The highest BCUT2D eigenvalue weighted by molar-refractivity contribution is 6.30. The zero-order chi connectivity index (χ0) is 13.8. The fourth-order valence-electron chi connectivity index (χ4n) is 2.72. The number of nitrogens with one attached hydrogen (secondary N) is 1. The molecule has 0 aliphatic heterocycles. The lowest BCUT2D eigenvalue weighted by Gasteiger charge is -2.16. The van der Waals surface area contributed by atoms with E-state index in [1.54, 1.807) is 6.07 Å². The SMILES string of the molecule is O=C(O)C1CCCC1CNCc1cc(F)cc(Cl)c1. The van der Waals surface area contributed by atoms with E-state index < -0.39 is 5.97 Å². The molecule has 104 valence electrons. The Kier molecular flexibility index (Phi) is 4.77. The van der Waals surface area contributed by atoms with E-state index in [9.17, 15) is 9.18 Å². The van der Waals surface area contributed by atoms with Crippen LogP contribution >= 0.6 is 11.6 Å². The zero-order valence-corrected chi connectivity index (χ0v) is 11.3. The molecule has 1 aromatic carbocycles. The summed E-state index contributed by atoms with van der Waals surface area (Å²) in [6.45, 7) is 1.14. The van der Waals surface area contributed by atoms with Gasteiger partial charge in [0.25, 0.3) is 0 Å². The summed E-state index contributed by atoms with van der Waals surface area (Å²) in [6, 6.07) is 4.41. The number of carboxylic acid groups (broad SMARTS) is 1. The van der Waals surface area contributed by atoms with Crippen molar-refractivity contribution < 1.29 is 14.3 Å². The van der Waals surface area contributed by atoms with Crippen LogP contribution in [-0.2, 0) is 11.3 Å². The van der Waals surface area contributed by atoms with Crippen molar-refractivity contribution >= 4 is 17.6 Å². The van der Waals surface area contributed by atoms with Crippen molar-refractivity contribution in [3.63, 3.8) is 0 Å². The summed E-state index contributed by atoms with van der Waals surface area (Å²) in [4.78, 5) is 11.0. The van der Waals surface area contributed by atoms with Gasteiger partial charge in [0, 0.05) is 11.6 Å². The molecule has 2 N–H and O–H groups in total. The van der Waals surface area contributed by atoms with Crippen molar-refractivity contribution in [2.45, 2.75) is 25.8 Å². The Hall–Kier alpha value is -1.13. The Balaban J connectivity index is 1.84. The van der Waals surface area contributed by atoms with E-state index in [0.29, 0.717) is 18.1 Å². The molecule has 0 saturated heterocycles. The maximum absolute atomic E-state index is 13.1. The fourth-order valence-corrected chi connectivity index (χ4v) is 2.97. The highest BCUT2D eigenvalue weighted by Crippen LogP contribution is 2.31. The molecule has 2 unspecified atom stereocenters. The molecule has 2 atom stereocenters. The van der Waals surface area contributed by atoms with Crippen LogP contribution in [0.1, 0.15) is 24.8 Å². The summed E-state index contributed by atoms with van der Waals surface area (Å²) in [5.74, 6) is -1.14. The number of hydrogen-bond donors (Lipinski definition) is 2. The average molecular weight is 286 g/mol. The minimum atomic E-state index is -0.710. The Labute approximate surface area is 116 Å². The van der Waals surface area contributed by atoms with E-state index >= 15 is 0 Å². The van der Waals surface area contributed by atoms with Gasteiger partial charge < -0.3 is 10.4 Å². The van der Waals surface area contributed by atoms with Crippen molar-refractivity contribution in [1.29, 1.82) is 0 Å². The number of carboxylic acids is 1. The predicted octanol–water partition coefficient (Wildman–Crippen LogP) is 3.07. The summed E-state index contributed by atoms with van der Waals surface area (Å²) < 4.78 is 13.1. The minimum absolute atomic E-state index is 0.168. The van der Waals surface area contributed by atoms with E-state index in [0.717, 1.165) is 24.8 Å². The number of rotatable bonds is 5. The molecule has 5 heteroatoms. The van der Waals surface area contributed by atoms with Crippen LogP contribution in [0.4, 0.5) is 4.39 Å². The van der Waals surface area contributed by atoms with Gasteiger partial charge in [-0.15, -0.1) is 0 Å². The monoisotopic (exact) mass is 285 g/mol. The first-order valence-corrected chi connectivity index (χ1v) is 6.82. The second kappa shape index (κ2) is 6.35. The molecule has 1 saturated carbocycles. The van der Waals surface area contributed by atoms with Gasteiger partial charge in [0.15, 0.2) is 0 Å². The number of carbonyl (C=O) groups is 1. The van der Waals surface area contributed by atoms with Crippen molar-refractivity contribution in [2.24, 2.45) is 11.8 Å². The van der Waals surface area contributed by atoms with Crippen LogP contribution in [0.2, 0.25) is 5.02 Å². The van der Waals surface area contributed by atoms with Crippen LogP contribution in [0, 0.1) is 17.7 Å². The first-order chi connectivity index (χ1) is 9.06. The molecule has 1 aromatic rings. The van der Waals surface area contributed by atoms with E-state index in [1.165, 1.54) is 12.1 Å². The lowest BCUT2D eigenvalue weighted by atomic mass is 9.96. The molecule has 0 radical (unpaired) electrons. The molecule has 0 heterocycles. The van der Waals surface area contributed by atoms with Crippen LogP contribution in [-0.4, -0.2) is 17.6 Å². The predicted molar refractivity (Wildman–Crippen MR) is 71.6 cm³/mol. The maximum atomic E-state index is 13.1. The molecule has 0 aromatic heterocycles. The van der Waals surface area contributed by atoms with E-state index in [-0.39, 0.29) is 17.7 Å². The Morgan fingerprint density at radius 1 is 1.42 bits per heavy atom. The Morgan fingerprint density at radius 3 is 2.89 bits per heavy atom. The van der Waals surface area contributed by atoms with Crippen molar-refractivity contribution in [3.05, 3.63) is 34.6 Å². The van der Waals surface area contributed by atoms with Gasteiger partial charge in [0.2, 0.25) is 0 Å². The highest BCUT2D eigenvalue weighted by Gasteiger charge is 2.32. The minimum Gasteiger partial charge on any atom is -0.481 e. The lowest BCUT2D eigenvalue weighted by molar-refractivity contribution is -0.142. The maximum Gasteiger partial charge on any atom is 0.306 e. The molecule has 19 heavy (non-hydrogen) atoms. The number of benzene rings is 1. The van der Waals surface area contributed by atoms with Gasteiger partial charge in [0.05, 0.1) is 5.92 Å². The third kappa shape index (κ3) is 3.91. The van der Waals surface area contributed by atoms with E-state index in [1.807, 2.05) is 0 Å². The van der Waals surface area contributed by atoms with Gasteiger partial charge in [-0.25, -0.2) is 4.39 Å². The summed E-state index contributed by atoms with van der Waals surface area (Å²) in [5.41, 5.74) is 0.773. The molecule has 2 rings (SSSR count). The lowest BCUT2D eigenvalue weighted by Crippen LogP contribution is -2.28. The van der Waals surface area contributed by atoms with Gasteiger partial charge in [-0.3, -0.25) is 4.79 Å². The number of hydrogen-bond acceptors (Lipinski definition) is 2. The van der Waals surface area contributed by atoms with Crippen LogP contribution in [0.3, 0.4) is 0 Å². The molecule has 0 spiro atoms. The van der Waals surface area contributed by atoms with Crippen LogP contribution < -0.4 is 5.32 Å². The zero-order valence-electron chi connectivity index (χ0n) is 10.5. The van der Waals surface area contributed by atoms with Crippen molar-refractivity contribution in [3.8, 4) is 0 Å². The first kappa shape index (κ1) is 14.3. The summed E-state index contributed by atoms with van der Waals surface area (Å²) >= 11 is 5.78. The molecule has 3 nitrogen and oxygen atoms in total. The van der Waals surface area contributed by atoms with Crippen LogP contribution in [0.5, 0.6) is 0 Å². The molecule has 1 aliphatic carbocycles. The molecule has 0 amide bonds. The van der Waals surface area contributed by atoms with Gasteiger partial charge in [-0.05, 0) is 49.1 Å². The molecular formula is C14H17ClFNO2. The standard InChI is InChI=1S/C14H17ClFNO2/c15-11-4-9(5-12(16)6-11)7-17-8-10-2-1-3-13(10)14(18)19/h4-6,10,13,17H,1-3,7-8H2,(H,18,19). The van der Waals surface area contributed by atoms with Gasteiger partial charge in [-0.1, -0.05) is 18.0 Å². The summed E-state index contributed by atoms with van der Waals surface area (Å²) in [7, 11) is 0. The quantitative estimate of drug-likeness (QED) is 0.874. The molecular weight excluding hydrogens is 269 g/mol. The molecule has 1 fully saturated rings. The summed E-state index contributed by atoms with van der Waals surface area (Å²) in [5, 5.41) is 12.6. The second-order valence-electron chi connectivity index (χ2n) is 5.04. The average Bonchev–Trinajstić information content (AvgIpc) is 2.76. The van der Waals surface area contributed by atoms with E-state index in [4.69, 9.17) is 16.7 Å². The number of aliphatic carboxylic acids is 1. The van der Waals surface area contributed by atoms with Crippen LogP contribution in [0.25, 0.3) is 0 Å². The highest BCUT2D eigenvalue weighted by atomic mass is 35.5. The smallest absolute Gasteiger partial charge is 0.306 e. The molecule has 1 aliphatic rings. The van der Waals surface area contributed by atoms with Gasteiger partial charge in [0.1, 0.15) is 5.82 Å². The summed E-state index contributed by atoms with van der Waals surface area (Å²) in [6.07, 6.45) is 2.66. The molecule has 0 bridgehead atoms.